The highest BCUT2D eigenvalue weighted by molar-refractivity contribution is 14.1. The lowest BCUT2D eigenvalue weighted by atomic mass is 9.84. The number of rotatable bonds is 2. The zero-order chi connectivity index (χ0) is 23.4. The van der Waals surface area contributed by atoms with Gasteiger partial charge in [-0.15, -0.1) is 0 Å². The first-order valence-corrected chi connectivity index (χ1v) is 13.4. The van der Waals surface area contributed by atoms with Crippen LogP contribution in [0.15, 0.2) is 80.0 Å². The monoisotopic (exact) mass is 668 g/mol. The smallest absolute Gasteiger partial charge is 0.128 e. The Morgan fingerprint density at radius 3 is 1.38 bits per heavy atom. The average Bonchev–Trinajstić information content (AvgIpc) is 2.85. The molecule has 0 saturated carbocycles. The maximum atomic E-state index is 6.27. The van der Waals surface area contributed by atoms with E-state index in [1.807, 2.05) is 0 Å². The molecule has 0 spiro atoms. The lowest BCUT2D eigenvalue weighted by Gasteiger charge is -2.28. The Bertz CT molecular complexity index is 1400. The molecule has 2 heterocycles. The second-order valence-electron chi connectivity index (χ2n) is 8.84. The molecule has 0 atom stereocenters. The summed E-state index contributed by atoms with van der Waals surface area (Å²) in [6.07, 6.45) is 0. The van der Waals surface area contributed by atoms with E-state index in [0.29, 0.717) is 13.2 Å². The molecular formula is C30H22I2O2. The average molecular weight is 668 g/mol. The normalized spacial score (nSPS) is 15.1. The molecule has 0 radical (unpaired) electrons. The van der Waals surface area contributed by atoms with Crippen LogP contribution in [0.1, 0.15) is 33.4 Å². The molecule has 2 aliphatic rings. The van der Waals surface area contributed by atoms with Gasteiger partial charge in [0.15, 0.2) is 0 Å². The number of benzene rings is 4. The summed E-state index contributed by atoms with van der Waals surface area (Å²) in [5.41, 5.74) is 9.79. The Morgan fingerprint density at radius 2 is 0.971 bits per heavy atom. The van der Waals surface area contributed by atoms with Crippen molar-refractivity contribution >= 4 is 67.1 Å². The Kier molecular flexibility index (Phi) is 5.68. The van der Waals surface area contributed by atoms with E-state index < -0.39 is 0 Å². The number of halogens is 2. The minimum atomic E-state index is 0.589. The molecular weight excluding hydrogens is 646 g/mol. The quantitative estimate of drug-likeness (QED) is 0.199. The SMILES string of the molecule is Cc1ccc(C2=C(I)COc3ccc4ccc5c(c4c32)C(c2ccc(C)cc2)=C(I)CO5)cc1. The molecule has 34 heavy (non-hydrogen) atoms. The van der Waals surface area contributed by atoms with Gasteiger partial charge in [-0.05, 0) is 87.7 Å². The van der Waals surface area contributed by atoms with Crippen molar-refractivity contribution < 1.29 is 9.47 Å². The van der Waals surface area contributed by atoms with Crippen molar-refractivity contribution in [3.63, 3.8) is 0 Å². The summed E-state index contributed by atoms with van der Waals surface area (Å²) in [6.45, 7) is 5.44. The van der Waals surface area contributed by atoms with Crippen LogP contribution >= 0.6 is 45.2 Å². The van der Waals surface area contributed by atoms with E-state index in [-0.39, 0.29) is 0 Å². The molecule has 4 aromatic carbocycles. The molecule has 0 aliphatic carbocycles. The van der Waals surface area contributed by atoms with Gasteiger partial charge < -0.3 is 9.47 Å². The molecule has 0 bridgehead atoms. The fourth-order valence-electron chi connectivity index (χ4n) is 4.86. The predicted octanol–water partition coefficient (Wildman–Crippen LogP) is 8.63. The fraction of sp³-hybridized carbons (Fsp3) is 0.133. The summed E-state index contributed by atoms with van der Waals surface area (Å²) >= 11 is 4.90. The summed E-state index contributed by atoms with van der Waals surface area (Å²) < 4.78 is 15.0. The third kappa shape index (κ3) is 3.66. The van der Waals surface area contributed by atoms with Crippen molar-refractivity contribution in [1.82, 2.24) is 0 Å². The lowest BCUT2D eigenvalue weighted by molar-refractivity contribution is 0.355. The zero-order valence-corrected chi connectivity index (χ0v) is 23.2. The third-order valence-electron chi connectivity index (χ3n) is 6.54. The largest absolute Gasteiger partial charge is 0.488 e. The highest BCUT2D eigenvalue weighted by Crippen LogP contribution is 2.50. The molecule has 0 aromatic heterocycles. The van der Waals surface area contributed by atoms with Crippen LogP contribution in [-0.2, 0) is 0 Å². The Balaban J connectivity index is 1.71. The Labute approximate surface area is 227 Å². The third-order valence-corrected chi connectivity index (χ3v) is 8.24. The van der Waals surface area contributed by atoms with Crippen LogP contribution in [0.5, 0.6) is 11.5 Å². The minimum absolute atomic E-state index is 0.589. The summed E-state index contributed by atoms with van der Waals surface area (Å²) in [7, 11) is 0. The number of ether oxygens (including phenoxy) is 2. The molecule has 4 aromatic rings. The van der Waals surface area contributed by atoms with Crippen molar-refractivity contribution in [3.8, 4) is 11.5 Å². The summed E-state index contributed by atoms with van der Waals surface area (Å²) in [4.78, 5) is 0. The second kappa shape index (κ2) is 8.72. The predicted molar refractivity (Wildman–Crippen MR) is 157 cm³/mol. The van der Waals surface area contributed by atoms with Crippen LogP contribution in [-0.4, -0.2) is 13.2 Å². The van der Waals surface area contributed by atoms with E-state index in [0.717, 1.165) is 22.6 Å². The molecule has 0 unspecified atom stereocenters. The first-order chi connectivity index (χ1) is 16.5. The van der Waals surface area contributed by atoms with Gasteiger partial charge in [0.2, 0.25) is 0 Å². The van der Waals surface area contributed by atoms with E-state index >= 15 is 0 Å². The first-order valence-electron chi connectivity index (χ1n) is 11.3. The molecule has 4 heteroatoms. The van der Waals surface area contributed by atoms with Crippen molar-refractivity contribution in [1.29, 1.82) is 0 Å². The van der Waals surface area contributed by atoms with Gasteiger partial charge in [-0.2, -0.15) is 0 Å². The van der Waals surface area contributed by atoms with Crippen molar-refractivity contribution in [2.24, 2.45) is 0 Å². The van der Waals surface area contributed by atoms with Crippen LogP contribution in [0.2, 0.25) is 0 Å². The maximum Gasteiger partial charge on any atom is 0.128 e. The molecule has 2 aliphatic heterocycles. The van der Waals surface area contributed by atoms with Crippen molar-refractivity contribution in [2.45, 2.75) is 13.8 Å². The molecule has 6 rings (SSSR count). The van der Waals surface area contributed by atoms with Crippen LogP contribution in [0.3, 0.4) is 0 Å². The summed E-state index contributed by atoms with van der Waals surface area (Å²) in [5.74, 6) is 1.86. The fourth-order valence-corrected chi connectivity index (χ4v) is 6.33. The number of hydrogen-bond donors (Lipinski definition) is 0. The van der Waals surface area contributed by atoms with E-state index in [2.05, 4.69) is 132 Å². The first kappa shape index (κ1) is 22.2. The lowest BCUT2D eigenvalue weighted by Crippen LogP contribution is -2.13. The summed E-state index contributed by atoms with van der Waals surface area (Å²) in [5, 5.41) is 2.39. The second-order valence-corrected chi connectivity index (χ2v) is 11.4. The van der Waals surface area contributed by atoms with Gasteiger partial charge in [0, 0.05) is 34.8 Å². The zero-order valence-electron chi connectivity index (χ0n) is 18.9. The van der Waals surface area contributed by atoms with Gasteiger partial charge in [-0.25, -0.2) is 0 Å². The van der Waals surface area contributed by atoms with Crippen molar-refractivity contribution in [3.05, 3.63) is 113 Å². The molecule has 0 N–H and O–H groups in total. The van der Waals surface area contributed by atoms with Crippen LogP contribution in [0.25, 0.3) is 21.9 Å². The van der Waals surface area contributed by atoms with Gasteiger partial charge in [-0.3, -0.25) is 0 Å². The highest BCUT2D eigenvalue weighted by Gasteiger charge is 2.29. The van der Waals surface area contributed by atoms with Gasteiger partial charge in [0.1, 0.15) is 24.7 Å². The van der Waals surface area contributed by atoms with Gasteiger partial charge in [0.05, 0.1) is 0 Å². The highest BCUT2D eigenvalue weighted by atomic mass is 127. The van der Waals surface area contributed by atoms with Crippen LogP contribution < -0.4 is 9.47 Å². The standard InChI is InChI=1S/C30H22I2O2/c1-17-3-7-19(8-4-17)26-22(31)15-33-24-13-11-21-12-14-25-30(28(21)29(24)26)27(23(32)16-34-25)20-9-5-18(2)6-10-20/h3-14H,15-16H2,1-2H3. The Hall–Kier alpha value is -2.32. The number of aryl methyl sites for hydroxylation is 2. The van der Waals surface area contributed by atoms with Crippen molar-refractivity contribution in [2.75, 3.05) is 13.2 Å². The molecule has 0 saturated heterocycles. The van der Waals surface area contributed by atoms with Gasteiger partial charge >= 0.3 is 0 Å². The van der Waals surface area contributed by atoms with Crippen LogP contribution in [0.4, 0.5) is 0 Å². The van der Waals surface area contributed by atoms with E-state index in [4.69, 9.17) is 9.47 Å². The topological polar surface area (TPSA) is 18.5 Å². The van der Waals surface area contributed by atoms with E-state index in [9.17, 15) is 0 Å². The van der Waals surface area contributed by atoms with E-state index in [1.165, 1.54) is 51.3 Å². The maximum absolute atomic E-state index is 6.27. The summed E-state index contributed by atoms with van der Waals surface area (Å²) in [6, 6.07) is 26.2. The number of hydrogen-bond acceptors (Lipinski definition) is 2. The van der Waals surface area contributed by atoms with Gasteiger partial charge in [-0.1, -0.05) is 71.8 Å². The van der Waals surface area contributed by atoms with Crippen LogP contribution in [0, 0.1) is 13.8 Å². The molecule has 0 amide bonds. The number of fused-ring (bicyclic) bond motifs is 5. The van der Waals surface area contributed by atoms with E-state index in [1.54, 1.807) is 0 Å². The Morgan fingerprint density at radius 1 is 0.559 bits per heavy atom. The molecule has 2 nitrogen and oxygen atoms in total. The molecule has 0 fully saturated rings. The van der Waals surface area contributed by atoms with Gasteiger partial charge in [0.25, 0.3) is 0 Å². The molecule has 168 valence electrons. The minimum Gasteiger partial charge on any atom is -0.488 e.